The molecule has 0 bridgehead atoms. The minimum absolute atomic E-state index is 0.0220. The number of nitrogens with zero attached hydrogens (tertiary/aromatic N) is 1. The molecule has 1 aromatic heterocycles. The molecule has 29 heavy (non-hydrogen) atoms. The highest BCUT2D eigenvalue weighted by molar-refractivity contribution is 9.10. The van der Waals surface area contributed by atoms with Crippen molar-refractivity contribution in [2.24, 2.45) is 0 Å². The smallest absolute Gasteiger partial charge is 0.255 e. The number of carbonyl (C=O) groups excluding carboxylic acids is 2. The predicted octanol–water partition coefficient (Wildman–Crippen LogP) is 5.03. The summed E-state index contributed by atoms with van der Waals surface area (Å²) < 4.78 is 2.84. The molecule has 0 saturated heterocycles. The van der Waals surface area contributed by atoms with Gasteiger partial charge in [0.1, 0.15) is 0 Å². The summed E-state index contributed by atoms with van der Waals surface area (Å²) in [5.41, 5.74) is 2.84. The van der Waals surface area contributed by atoms with E-state index in [1.54, 1.807) is 12.1 Å². The largest absolute Gasteiger partial charge is 0.321 e. The summed E-state index contributed by atoms with van der Waals surface area (Å²) in [4.78, 5) is 25.3. The molecule has 0 fully saturated rings. The summed E-state index contributed by atoms with van der Waals surface area (Å²) in [7, 11) is 0. The number of para-hydroxylation sites is 1. The first kappa shape index (κ1) is 19.0. The molecule has 4 aromatic rings. The standard InChI is InChI=1S/C24H17BrN2O2/c25-19-12-10-17(11-13-19)23(28)16-27-15-14-21(20-8-4-5-9-22(20)27)26-24(29)18-6-2-1-3-7-18/h1-15H,16H2/p+1. The lowest BCUT2D eigenvalue weighted by atomic mass is 10.1. The summed E-state index contributed by atoms with van der Waals surface area (Å²) in [6.07, 6.45) is 1.83. The van der Waals surface area contributed by atoms with Crippen LogP contribution < -0.4 is 9.88 Å². The fourth-order valence-corrected chi connectivity index (χ4v) is 3.46. The molecule has 1 amide bonds. The Morgan fingerprint density at radius 2 is 1.48 bits per heavy atom. The van der Waals surface area contributed by atoms with Crippen LogP contribution in [0.4, 0.5) is 5.69 Å². The van der Waals surface area contributed by atoms with Gasteiger partial charge in [-0.05, 0) is 30.3 Å². The molecule has 0 aliphatic heterocycles. The second-order valence-corrected chi connectivity index (χ2v) is 7.54. The summed E-state index contributed by atoms with van der Waals surface area (Å²) >= 11 is 3.39. The van der Waals surface area contributed by atoms with Crippen molar-refractivity contribution in [3.05, 3.63) is 107 Å². The van der Waals surface area contributed by atoms with Crippen molar-refractivity contribution < 1.29 is 14.2 Å². The Hall–Kier alpha value is -3.31. The van der Waals surface area contributed by atoms with E-state index in [2.05, 4.69) is 21.2 Å². The van der Waals surface area contributed by atoms with Gasteiger partial charge in [-0.3, -0.25) is 9.59 Å². The van der Waals surface area contributed by atoms with Gasteiger partial charge in [-0.2, -0.15) is 4.57 Å². The molecule has 3 aromatic carbocycles. The molecule has 0 radical (unpaired) electrons. The molecule has 4 nitrogen and oxygen atoms in total. The number of aromatic nitrogens is 1. The minimum atomic E-state index is -0.167. The second kappa shape index (κ2) is 8.37. The zero-order valence-electron chi connectivity index (χ0n) is 15.5. The summed E-state index contributed by atoms with van der Waals surface area (Å²) in [6, 6.07) is 26.0. The van der Waals surface area contributed by atoms with E-state index < -0.39 is 0 Å². The van der Waals surface area contributed by atoms with Gasteiger partial charge in [-0.25, -0.2) is 0 Å². The van der Waals surface area contributed by atoms with Crippen LogP contribution >= 0.6 is 15.9 Å². The molecule has 142 valence electrons. The molecule has 0 unspecified atom stereocenters. The fraction of sp³-hybridized carbons (Fsp3) is 0.0417. The molecule has 5 heteroatoms. The molecule has 0 aliphatic rings. The third-order valence-electron chi connectivity index (χ3n) is 4.69. The molecule has 1 N–H and O–H groups in total. The van der Waals surface area contributed by atoms with Crippen molar-refractivity contribution in [3.8, 4) is 0 Å². The Bertz CT molecular complexity index is 1190. The van der Waals surface area contributed by atoms with Gasteiger partial charge in [0.2, 0.25) is 17.8 Å². The Morgan fingerprint density at radius 3 is 2.24 bits per heavy atom. The molecular weight excluding hydrogens is 428 g/mol. The lowest BCUT2D eigenvalue weighted by molar-refractivity contribution is -0.657. The average molecular weight is 446 g/mol. The third-order valence-corrected chi connectivity index (χ3v) is 5.22. The SMILES string of the molecule is O=C(C[n+]1ccc(NC(=O)c2ccccc2)c2ccccc21)c1ccc(Br)cc1. The summed E-state index contributed by atoms with van der Waals surface area (Å²) in [5.74, 6) is -0.145. The first-order valence-corrected chi connectivity index (χ1v) is 9.97. The molecule has 0 spiro atoms. The zero-order valence-corrected chi connectivity index (χ0v) is 17.1. The van der Waals surface area contributed by atoms with Gasteiger partial charge >= 0.3 is 0 Å². The average Bonchev–Trinajstić information content (AvgIpc) is 2.76. The number of anilines is 1. The molecule has 1 heterocycles. The van der Waals surface area contributed by atoms with Gasteiger partial charge in [-0.1, -0.05) is 58.4 Å². The van der Waals surface area contributed by atoms with Crippen LogP contribution in [0.2, 0.25) is 0 Å². The Labute approximate surface area is 176 Å². The van der Waals surface area contributed by atoms with E-state index in [1.807, 2.05) is 83.6 Å². The van der Waals surface area contributed by atoms with Crippen LogP contribution in [0, 0.1) is 0 Å². The van der Waals surface area contributed by atoms with E-state index in [0.29, 0.717) is 16.8 Å². The number of nitrogens with one attached hydrogen (secondary N) is 1. The Morgan fingerprint density at radius 1 is 0.793 bits per heavy atom. The number of fused-ring (bicyclic) bond motifs is 1. The number of ketones is 1. The Balaban J connectivity index is 1.64. The molecule has 4 rings (SSSR count). The van der Waals surface area contributed by atoms with Gasteiger partial charge in [0, 0.05) is 27.7 Å². The number of rotatable bonds is 5. The van der Waals surface area contributed by atoms with Gasteiger partial charge in [0.15, 0.2) is 6.20 Å². The first-order valence-electron chi connectivity index (χ1n) is 9.18. The van der Waals surface area contributed by atoms with Crippen LogP contribution in [0.5, 0.6) is 0 Å². The highest BCUT2D eigenvalue weighted by atomic mass is 79.9. The van der Waals surface area contributed by atoms with Crippen molar-refractivity contribution in [1.29, 1.82) is 0 Å². The van der Waals surface area contributed by atoms with Crippen molar-refractivity contribution >= 4 is 44.2 Å². The van der Waals surface area contributed by atoms with E-state index in [-0.39, 0.29) is 18.2 Å². The van der Waals surface area contributed by atoms with Gasteiger partial charge in [-0.15, -0.1) is 0 Å². The van der Waals surface area contributed by atoms with E-state index in [0.717, 1.165) is 15.4 Å². The van der Waals surface area contributed by atoms with Crippen molar-refractivity contribution in [2.45, 2.75) is 6.54 Å². The maximum atomic E-state index is 12.7. The number of amides is 1. The van der Waals surface area contributed by atoms with E-state index in [4.69, 9.17) is 0 Å². The molecule has 0 aliphatic carbocycles. The van der Waals surface area contributed by atoms with Crippen LogP contribution in [-0.2, 0) is 6.54 Å². The highest BCUT2D eigenvalue weighted by Gasteiger charge is 2.18. The third kappa shape index (κ3) is 4.25. The number of hydrogen-bond donors (Lipinski definition) is 1. The minimum Gasteiger partial charge on any atom is -0.321 e. The topological polar surface area (TPSA) is 50.0 Å². The lowest BCUT2D eigenvalue weighted by Crippen LogP contribution is -2.38. The summed E-state index contributed by atoms with van der Waals surface area (Å²) in [5, 5.41) is 3.85. The lowest BCUT2D eigenvalue weighted by Gasteiger charge is -2.09. The van der Waals surface area contributed by atoms with Crippen molar-refractivity contribution in [1.82, 2.24) is 0 Å². The van der Waals surface area contributed by atoms with Crippen LogP contribution in [0.25, 0.3) is 10.9 Å². The number of benzene rings is 3. The highest BCUT2D eigenvalue weighted by Crippen LogP contribution is 2.21. The number of carbonyl (C=O) groups is 2. The maximum absolute atomic E-state index is 12.7. The van der Waals surface area contributed by atoms with E-state index in [9.17, 15) is 9.59 Å². The fourth-order valence-electron chi connectivity index (χ4n) is 3.20. The summed E-state index contributed by atoms with van der Waals surface area (Å²) in [6.45, 7) is 0.217. The van der Waals surface area contributed by atoms with Crippen LogP contribution in [0.1, 0.15) is 20.7 Å². The maximum Gasteiger partial charge on any atom is 0.255 e. The van der Waals surface area contributed by atoms with Crippen LogP contribution in [-0.4, -0.2) is 11.7 Å². The Kier molecular flexibility index (Phi) is 5.49. The number of halogens is 1. The van der Waals surface area contributed by atoms with E-state index in [1.165, 1.54) is 0 Å². The number of pyridine rings is 1. The normalized spacial score (nSPS) is 10.7. The van der Waals surface area contributed by atoms with Gasteiger partial charge in [0.05, 0.1) is 11.1 Å². The first-order chi connectivity index (χ1) is 14.1. The second-order valence-electron chi connectivity index (χ2n) is 6.62. The van der Waals surface area contributed by atoms with Gasteiger partial charge in [0.25, 0.3) is 5.91 Å². The molecule has 0 saturated carbocycles. The molecular formula is C24H18BrN2O2+. The van der Waals surface area contributed by atoms with Crippen molar-refractivity contribution in [2.75, 3.05) is 5.32 Å². The quantitative estimate of drug-likeness (QED) is 0.346. The zero-order chi connectivity index (χ0) is 20.2. The van der Waals surface area contributed by atoms with Crippen molar-refractivity contribution in [3.63, 3.8) is 0 Å². The van der Waals surface area contributed by atoms with E-state index >= 15 is 0 Å². The number of Topliss-reactive ketones (excluding diaryl/α,β-unsaturated/α-hetero) is 1. The van der Waals surface area contributed by atoms with Gasteiger partial charge < -0.3 is 5.32 Å². The van der Waals surface area contributed by atoms with Crippen LogP contribution in [0.15, 0.2) is 95.6 Å². The monoisotopic (exact) mass is 445 g/mol. The molecule has 0 atom stereocenters. The predicted molar refractivity (Wildman–Crippen MR) is 117 cm³/mol. The van der Waals surface area contributed by atoms with Crippen LogP contribution in [0.3, 0.4) is 0 Å². The number of hydrogen-bond acceptors (Lipinski definition) is 2.